The first-order chi connectivity index (χ1) is 9.31. The van der Waals surface area contributed by atoms with Crippen molar-refractivity contribution in [1.29, 1.82) is 0 Å². The first-order valence-corrected chi connectivity index (χ1v) is 6.64. The Hall–Kier alpha value is -2.10. The van der Waals surface area contributed by atoms with Gasteiger partial charge in [-0.1, -0.05) is 30.3 Å². The SMILES string of the molecule is CCNc1ncnc(NCCc2ccccc2)c1C. The molecule has 2 N–H and O–H groups in total. The van der Waals surface area contributed by atoms with Gasteiger partial charge in [-0.05, 0) is 25.8 Å². The third-order valence-corrected chi connectivity index (χ3v) is 2.98. The maximum Gasteiger partial charge on any atom is 0.134 e. The molecule has 0 bridgehead atoms. The second-order valence-corrected chi connectivity index (χ2v) is 4.39. The van der Waals surface area contributed by atoms with Crippen molar-refractivity contribution in [3.8, 4) is 0 Å². The maximum absolute atomic E-state index is 4.29. The molecule has 0 atom stereocenters. The highest BCUT2D eigenvalue weighted by atomic mass is 15.1. The van der Waals surface area contributed by atoms with E-state index < -0.39 is 0 Å². The van der Waals surface area contributed by atoms with Crippen LogP contribution in [0.2, 0.25) is 0 Å². The van der Waals surface area contributed by atoms with E-state index in [0.717, 1.165) is 36.7 Å². The van der Waals surface area contributed by atoms with Crippen molar-refractivity contribution in [2.75, 3.05) is 23.7 Å². The molecule has 1 aromatic heterocycles. The summed E-state index contributed by atoms with van der Waals surface area (Å²) in [4.78, 5) is 8.52. The lowest BCUT2D eigenvalue weighted by atomic mass is 10.1. The first kappa shape index (κ1) is 13.3. The summed E-state index contributed by atoms with van der Waals surface area (Å²) in [5.74, 6) is 1.81. The molecule has 19 heavy (non-hydrogen) atoms. The van der Waals surface area contributed by atoms with Crippen molar-refractivity contribution in [3.63, 3.8) is 0 Å². The van der Waals surface area contributed by atoms with Crippen LogP contribution in [0.5, 0.6) is 0 Å². The van der Waals surface area contributed by atoms with E-state index in [9.17, 15) is 0 Å². The number of rotatable bonds is 6. The Labute approximate surface area is 114 Å². The Balaban J connectivity index is 1.94. The van der Waals surface area contributed by atoms with Crippen LogP contribution >= 0.6 is 0 Å². The van der Waals surface area contributed by atoms with Crippen LogP contribution in [0.1, 0.15) is 18.1 Å². The molecule has 0 saturated heterocycles. The monoisotopic (exact) mass is 256 g/mol. The summed E-state index contributed by atoms with van der Waals surface area (Å²) in [6.07, 6.45) is 2.58. The van der Waals surface area contributed by atoms with Gasteiger partial charge in [0, 0.05) is 18.7 Å². The Kier molecular flexibility index (Phi) is 4.72. The zero-order chi connectivity index (χ0) is 13.5. The van der Waals surface area contributed by atoms with Gasteiger partial charge in [-0.2, -0.15) is 0 Å². The van der Waals surface area contributed by atoms with Crippen LogP contribution in [0, 0.1) is 6.92 Å². The zero-order valence-corrected chi connectivity index (χ0v) is 11.5. The highest BCUT2D eigenvalue weighted by molar-refractivity contribution is 5.56. The number of hydrogen-bond acceptors (Lipinski definition) is 4. The van der Waals surface area contributed by atoms with E-state index in [0.29, 0.717) is 0 Å². The van der Waals surface area contributed by atoms with Crippen LogP contribution < -0.4 is 10.6 Å². The molecule has 0 saturated carbocycles. The summed E-state index contributed by atoms with van der Waals surface area (Å²) in [5.41, 5.74) is 2.39. The van der Waals surface area contributed by atoms with Crippen molar-refractivity contribution in [2.24, 2.45) is 0 Å². The molecule has 0 radical (unpaired) electrons. The van der Waals surface area contributed by atoms with Crippen molar-refractivity contribution < 1.29 is 0 Å². The second-order valence-electron chi connectivity index (χ2n) is 4.39. The van der Waals surface area contributed by atoms with Crippen molar-refractivity contribution >= 4 is 11.6 Å². The van der Waals surface area contributed by atoms with Gasteiger partial charge in [-0.25, -0.2) is 9.97 Å². The van der Waals surface area contributed by atoms with Gasteiger partial charge in [-0.3, -0.25) is 0 Å². The van der Waals surface area contributed by atoms with Gasteiger partial charge < -0.3 is 10.6 Å². The number of benzene rings is 1. The van der Waals surface area contributed by atoms with Gasteiger partial charge in [0.25, 0.3) is 0 Å². The normalized spacial score (nSPS) is 10.2. The highest BCUT2D eigenvalue weighted by Gasteiger charge is 2.05. The van der Waals surface area contributed by atoms with Gasteiger partial charge in [0.05, 0.1) is 0 Å². The molecule has 0 aliphatic carbocycles. The summed E-state index contributed by atoms with van der Waals surface area (Å²) < 4.78 is 0. The molecular formula is C15H20N4. The summed E-state index contributed by atoms with van der Waals surface area (Å²) in [6, 6.07) is 10.4. The lowest BCUT2D eigenvalue weighted by Gasteiger charge is -2.11. The zero-order valence-electron chi connectivity index (χ0n) is 11.5. The van der Waals surface area contributed by atoms with Gasteiger partial charge in [0.15, 0.2) is 0 Å². The van der Waals surface area contributed by atoms with Crippen LogP contribution in [0.4, 0.5) is 11.6 Å². The van der Waals surface area contributed by atoms with Crippen LogP contribution in [0.25, 0.3) is 0 Å². The second kappa shape index (κ2) is 6.73. The Morgan fingerprint density at radius 2 is 1.68 bits per heavy atom. The molecule has 100 valence electrons. The quantitative estimate of drug-likeness (QED) is 0.834. The highest BCUT2D eigenvalue weighted by Crippen LogP contribution is 2.17. The summed E-state index contributed by atoms with van der Waals surface area (Å²) in [6.45, 7) is 5.82. The molecule has 0 aliphatic heterocycles. The van der Waals surface area contributed by atoms with E-state index >= 15 is 0 Å². The standard InChI is InChI=1S/C15H20N4/c1-3-16-14-12(2)15(19-11-18-14)17-10-9-13-7-5-4-6-8-13/h4-8,11H,3,9-10H2,1-2H3,(H2,16,17,18,19). The van der Waals surface area contributed by atoms with E-state index in [2.05, 4.69) is 51.8 Å². The fourth-order valence-electron chi connectivity index (χ4n) is 1.94. The van der Waals surface area contributed by atoms with Crippen LogP contribution in [-0.2, 0) is 6.42 Å². The van der Waals surface area contributed by atoms with Crippen LogP contribution in [0.15, 0.2) is 36.7 Å². The van der Waals surface area contributed by atoms with Gasteiger partial charge in [0.2, 0.25) is 0 Å². The minimum atomic E-state index is 0.862. The molecular weight excluding hydrogens is 236 g/mol. The van der Waals surface area contributed by atoms with Gasteiger partial charge >= 0.3 is 0 Å². The molecule has 1 heterocycles. The summed E-state index contributed by atoms with van der Waals surface area (Å²) in [5, 5.41) is 6.60. The molecule has 0 amide bonds. The van der Waals surface area contributed by atoms with Crippen LogP contribution in [-0.4, -0.2) is 23.1 Å². The van der Waals surface area contributed by atoms with Crippen molar-refractivity contribution in [3.05, 3.63) is 47.8 Å². The predicted molar refractivity (Wildman–Crippen MR) is 79.6 cm³/mol. The average Bonchev–Trinajstić information content (AvgIpc) is 2.44. The number of nitrogens with zero attached hydrogens (tertiary/aromatic N) is 2. The molecule has 2 rings (SSSR count). The minimum absolute atomic E-state index is 0.862. The average molecular weight is 256 g/mol. The lowest BCUT2D eigenvalue weighted by Crippen LogP contribution is -2.10. The molecule has 2 aromatic rings. The van der Waals surface area contributed by atoms with Crippen molar-refractivity contribution in [1.82, 2.24) is 9.97 Å². The third kappa shape index (κ3) is 3.68. The molecule has 1 aromatic carbocycles. The summed E-state index contributed by atoms with van der Waals surface area (Å²) in [7, 11) is 0. The lowest BCUT2D eigenvalue weighted by molar-refractivity contribution is 0.989. The smallest absolute Gasteiger partial charge is 0.134 e. The molecule has 0 unspecified atom stereocenters. The van der Waals surface area contributed by atoms with E-state index in [1.54, 1.807) is 6.33 Å². The fourth-order valence-corrected chi connectivity index (χ4v) is 1.94. The number of hydrogen-bond donors (Lipinski definition) is 2. The van der Waals surface area contributed by atoms with Gasteiger partial charge in [0.1, 0.15) is 18.0 Å². The number of aromatic nitrogens is 2. The van der Waals surface area contributed by atoms with E-state index in [-0.39, 0.29) is 0 Å². The third-order valence-electron chi connectivity index (χ3n) is 2.98. The van der Waals surface area contributed by atoms with E-state index in [1.165, 1.54) is 5.56 Å². The molecule has 4 nitrogen and oxygen atoms in total. The van der Waals surface area contributed by atoms with E-state index in [4.69, 9.17) is 0 Å². The fraction of sp³-hybridized carbons (Fsp3) is 0.333. The number of anilines is 2. The molecule has 0 spiro atoms. The topological polar surface area (TPSA) is 49.8 Å². The van der Waals surface area contributed by atoms with Crippen molar-refractivity contribution in [2.45, 2.75) is 20.3 Å². The Morgan fingerprint density at radius 1 is 1.00 bits per heavy atom. The Morgan fingerprint density at radius 3 is 2.37 bits per heavy atom. The maximum atomic E-state index is 4.29. The first-order valence-electron chi connectivity index (χ1n) is 6.64. The minimum Gasteiger partial charge on any atom is -0.370 e. The largest absolute Gasteiger partial charge is 0.370 e. The van der Waals surface area contributed by atoms with E-state index in [1.807, 2.05) is 13.0 Å². The predicted octanol–water partition coefficient (Wildman–Crippen LogP) is 2.87. The molecule has 4 heteroatoms. The number of nitrogens with one attached hydrogen (secondary N) is 2. The molecule has 0 aliphatic rings. The molecule has 0 fully saturated rings. The van der Waals surface area contributed by atoms with Crippen LogP contribution in [0.3, 0.4) is 0 Å². The van der Waals surface area contributed by atoms with Gasteiger partial charge in [-0.15, -0.1) is 0 Å². The Bertz CT molecular complexity index is 511. The summed E-state index contributed by atoms with van der Waals surface area (Å²) >= 11 is 0.